The molecule has 1 aromatic rings. The number of aliphatic hydroxyl groups is 1. The van der Waals surface area contributed by atoms with E-state index in [0.717, 1.165) is 5.56 Å². The monoisotopic (exact) mass is 223 g/mol. The molecule has 0 aliphatic rings. The van der Waals surface area contributed by atoms with Crippen LogP contribution in [0.3, 0.4) is 0 Å². The van der Waals surface area contributed by atoms with Crippen LogP contribution in [-0.2, 0) is 4.74 Å². The fourth-order valence-corrected chi connectivity index (χ4v) is 1.38. The third-order valence-corrected chi connectivity index (χ3v) is 2.24. The number of carbonyl (C=O) groups is 1. The van der Waals surface area contributed by atoms with Gasteiger partial charge in [0.15, 0.2) is 0 Å². The van der Waals surface area contributed by atoms with Gasteiger partial charge < -0.3 is 15.2 Å². The third-order valence-electron chi connectivity index (χ3n) is 2.24. The van der Waals surface area contributed by atoms with Gasteiger partial charge in [-0.15, -0.1) is 0 Å². The Labute approximate surface area is 95.2 Å². The van der Waals surface area contributed by atoms with E-state index >= 15 is 0 Å². The average Bonchev–Trinajstić information content (AvgIpc) is 2.29. The number of amides is 1. The van der Waals surface area contributed by atoms with Gasteiger partial charge in [-0.2, -0.15) is 0 Å². The van der Waals surface area contributed by atoms with E-state index in [9.17, 15) is 9.90 Å². The first kappa shape index (κ1) is 12.5. The van der Waals surface area contributed by atoms with Gasteiger partial charge >= 0.3 is 6.09 Å². The molecule has 4 heteroatoms. The van der Waals surface area contributed by atoms with E-state index in [-0.39, 0.29) is 6.04 Å². The molecule has 1 amide bonds. The van der Waals surface area contributed by atoms with Crippen LogP contribution in [0.1, 0.15) is 25.5 Å². The molecule has 0 aromatic heterocycles. The summed E-state index contributed by atoms with van der Waals surface area (Å²) in [5.41, 5.74) is 0.770. The fourth-order valence-electron chi connectivity index (χ4n) is 1.38. The van der Waals surface area contributed by atoms with Crippen LogP contribution in [0.5, 0.6) is 0 Å². The van der Waals surface area contributed by atoms with E-state index in [0.29, 0.717) is 6.61 Å². The first-order valence-electron chi connectivity index (χ1n) is 5.31. The zero-order valence-electron chi connectivity index (χ0n) is 9.51. The maximum Gasteiger partial charge on any atom is 0.407 e. The lowest BCUT2D eigenvalue weighted by Crippen LogP contribution is -2.37. The molecule has 88 valence electrons. The van der Waals surface area contributed by atoms with Crippen molar-refractivity contribution in [2.45, 2.75) is 26.0 Å². The molecule has 2 atom stereocenters. The molecule has 1 aromatic carbocycles. The molecule has 16 heavy (non-hydrogen) atoms. The second kappa shape index (κ2) is 6.12. The molecule has 0 bridgehead atoms. The number of carbonyl (C=O) groups excluding carboxylic acids is 1. The molecular weight excluding hydrogens is 206 g/mol. The van der Waals surface area contributed by atoms with E-state index in [4.69, 9.17) is 4.74 Å². The molecule has 0 saturated carbocycles. The van der Waals surface area contributed by atoms with Gasteiger partial charge in [0.1, 0.15) is 0 Å². The highest BCUT2D eigenvalue weighted by atomic mass is 16.5. The minimum atomic E-state index is -0.731. The number of hydrogen-bond acceptors (Lipinski definition) is 3. The quantitative estimate of drug-likeness (QED) is 0.819. The van der Waals surface area contributed by atoms with Gasteiger partial charge in [-0.05, 0) is 19.4 Å². The zero-order valence-corrected chi connectivity index (χ0v) is 9.51. The molecule has 0 aliphatic carbocycles. The minimum absolute atomic E-state index is 0.319. The third kappa shape index (κ3) is 3.55. The van der Waals surface area contributed by atoms with Crippen LogP contribution in [0.25, 0.3) is 0 Å². The highest BCUT2D eigenvalue weighted by Gasteiger charge is 2.18. The van der Waals surface area contributed by atoms with Crippen LogP contribution in [0.4, 0.5) is 4.79 Å². The summed E-state index contributed by atoms with van der Waals surface area (Å²) in [5, 5.41) is 12.5. The Kier molecular flexibility index (Phi) is 4.79. The molecule has 0 saturated heterocycles. The lowest BCUT2D eigenvalue weighted by atomic mass is 10.0. The number of hydrogen-bond donors (Lipinski definition) is 2. The minimum Gasteiger partial charge on any atom is -0.450 e. The molecule has 1 rings (SSSR count). The van der Waals surface area contributed by atoms with E-state index in [2.05, 4.69) is 5.32 Å². The topological polar surface area (TPSA) is 58.6 Å². The summed E-state index contributed by atoms with van der Waals surface area (Å²) in [6.07, 6.45) is -1.24. The Hall–Kier alpha value is -1.55. The summed E-state index contributed by atoms with van der Waals surface area (Å²) < 4.78 is 4.74. The first-order valence-corrected chi connectivity index (χ1v) is 5.31. The van der Waals surface area contributed by atoms with Gasteiger partial charge in [-0.3, -0.25) is 0 Å². The maximum absolute atomic E-state index is 11.1. The summed E-state index contributed by atoms with van der Waals surface area (Å²) in [4.78, 5) is 11.1. The summed E-state index contributed by atoms with van der Waals surface area (Å²) in [6, 6.07) is 8.80. The standard InChI is InChI=1S/C12H17NO3/c1-3-16-12(15)13-9(2)11(14)10-7-5-4-6-8-10/h4-9,11,14H,3H2,1-2H3,(H,13,15)/t9?,11-/m1/s1. The number of nitrogens with one attached hydrogen (secondary N) is 1. The molecule has 1 unspecified atom stereocenters. The van der Waals surface area contributed by atoms with Gasteiger partial charge in [0.25, 0.3) is 0 Å². The molecular formula is C12H17NO3. The lowest BCUT2D eigenvalue weighted by Gasteiger charge is -2.20. The molecule has 0 fully saturated rings. The van der Waals surface area contributed by atoms with Crippen LogP contribution in [0.15, 0.2) is 30.3 Å². The number of aliphatic hydroxyl groups excluding tert-OH is 1. The van der Waals surface area contributed by atoms with Crippen LogP contribution in [0, 0.1) is 0 Å². The Morgan fingerprint density at radius 1 is 1.44 bits per heavy atom. The van der Waals surface area contributed by atoms with Gasteiger partial charge in [0.2, 0.25) is 0 Å². The predicted octanol–water partition coefficient (Wildman–Crippen LogP) is 1.85. The Bertz CT molecular complexity index is 326. The number of rotatable bonds is 4. The van der Waals surface area contributed by atoms with E-state index in [1.807, 2.05) is 30.3 Å². The SMILES string of the molecule is CCOC(=O)NC(C)[C@@H](O)c1ccccc1. The highest BCUT2D eigenvalue weighted by Crippen LogP contribution is 2.15. The average molecular weight is 223 g/mol. The molecule has 4 nitrogen and oxygen atoms in total. The molecule has 2 N–H and O–H groups in total. The van der Waals surface area contributed by atoms with Crippen molar-refractivity contribution in [2.24, 2.45) is 0 Å². The summed E-state index contributed by atoms with van der Waals surface area (Å²) in [7, 11) is 0. The van der Waals surface area contributed by atoms with E-state index in [1.165, 1.54) is 0 Å². The predicted molar refractivity (Wildman–Crippen MR) is 61.0 cm³/mol. The largest absolute Gasteiger partial charge is 0.450 e. The normalized spacial score (nSPS) is 13.9. The van der Waals surface area contributed by atoms with Crippen LogP contribution < -0.4 is 5.32 Å². The Balaban J connectivity index is 2.54. The van der Waals surface area contributed by atoms with E-state index < -0.39 is 12.2 Å². The van der Waals surface area contributed by atoms with Gasteiger partial charge in [0.05, 0.1) is 18.8 Å². The van der Waals surface area contributed by atoms with Crippen molar-refractivity contribution in [3.63, 3.8) is 0 Å². The van der Waals surface area contributed by atoms with Gasteiger partial charge in [-0.1, -0.05) is 30.3 Å². The van der Waals surface area contributed by atoms with Crippen molar-refractivity contribution in [3.05, 3.63) is 35.9 Å². The van der Waals surface area contributed by atoms with Crippen LogP contribution in [0.2, 0.25) is 0 Å². The first-order chi connectivity index (χ1) is 7.65. The number of benzene rings is 1. The highest BCUT2D eigenvalue weighted by molar-refractivity contribution is 5.67. The number of alkyl carbamates (subject to hydrolysis) is 1. The fraction of sp³-hybridized carbons (Fsp3) is 0.417. The van der Waals surface area contributed by atoms with Crippen molar-refractivity contribution in [2.75, 3.05) is 6.61 Å². The number of ether oxygens (including phenoxy) is 1. The summed E-state index contributed by atoms with van der Waals surface area (Å²) >= 11 is 0. The Morgan fingerprint density at radius 2 is 2.06 bits per heavy atom. The van der Waals surface area contributed by atoms with Crippen molar-refractivity contribution >= 4 is 6.09 Å². The second-order valence-electron chi connectivity index (χ2n) is 3.51. The Morgan fingerprint density at radius 3 is 2.62 bits per heavy atom. The molecule has 0 radical (unpaired) electrons. The molecule has 0 aliphatic heterocycles. The van der Waals surface area contributed by atoms with Crippen molar-refractivity contribution in [1.82, 2.24) is 5.32 Å². The second-order valence-corrected chi connectivity index (χ2v) is 3.51. The van der Waals surface area contributed by atoms with Gasteiger partial charge in [-0.25, -0.2) is 4.79 Å². The maximum atomic E-state index is 11.1. The van der Waals surface area contributed by atoms with Crippen molar-refractivity contribution < 1.29 is 14.6 Å². The van der Waals surface area contributed by atoms with Crippen molar-refractivity contribution in [3.8, 4) is 0 Å². The molecule has 0 spiro atoms. The van der Waals surface area contributed by atoms with Crippen LogP contribution >= 0.6 is 0 Å². The zero-order chi connectivity index (χ0) is 12.0. The lowest BCUT2D eigenvalue weighted by molar-refractivity contribution is 0.113. The van der Waals surface area contributed by atoms with E-state index in [1.54, 1.807) is 13.8 Å². The van der Waals surface area contributed by atoms with Crippen LogP contribution in [-0.4, -0.2) is 23.8 Å². The molecule has 0 heterocycles. The summed E-state index contributed by atoms with van der Waals surface area (Å²) in [6.45, 7) is 3.78. The van der Waals surface area contributed by atoms with Crippen molar-refractivity contribution in [1.29, 1.82) is 0 Å². The summed E-state index contributed by atoms with van der Waals surface area (Å²) in [5.74, 6) is 0. The smallest absolute Gasteiger partial charge is 0.407 e. The van der Waals surface area contributed by atoms with Gasteiger partial charge in [0, 0.05) is 0 Å².